The van der Waals surface area contributed by atoms with Gasteiger partial charge in [0, 0.05) is 0 Å². The molecule has 0 aromatic carbocycles. The summed E-state index contributed by atoms with van der Waals surface area (Å²) < 4.78 is 0. The maximum Gasteiger partial charge on any atom is -0.00183 e. The molecule has 1 rings (SSSR count). The van der Waals surface area contributed by atoms with Crippen LogP contribution in [0, 0.1) is 0 Å². The Bertz CT molecular complexity index is 79.6. The molecule has 0 aromatic rings. The highest BCUT2D eigenvalue weighted by Gasteiger charge is 2.09. The molecule has 1 aliphatic heterocycles. The van der Waals surface area contributed by atoms with Crippen LogP contribution >= 0.6 is 24.0 Å². The second-order valence-corrected chi connectivity index (χ2v) is 3.26. The molecule has 1 aliphatic rings. The van der Waals surface area contributed by atoms with E-state index in [1.165, 1.54) is 51.7 Å². The zero-order chi connectivity index (χ0) is 7.23. The molecule has 0 N–H and O–H groups in total. The minimum atomic E-state index is 0. The van der Waals surface area contributed by atoms with Crippen molar-refractivity contribution in [3.63, 3.8) is 0 Å². The van der Waals surface area contributed by atoms with Gasteiger partial charge < -0.3 is 4.90 Å². The Hall–Kier alpha value is 0.690. The maximum atomic E-state index is 2.59. The third-order valence-corrected chi connectivity index (χ3v) is 2.28. The second kappa shape index (κ2) is 7.35. The van der Waals surface area contributed by atoms with Crippen LogP contribution in [-0.4, -0.2) is 24.5 Å². The van der Waals surface area contributed by atoms with Gasteiger partial charge in [-0.2, -0.15) is 0 Å². The van der Waals surface area contributed by atoms with E-state index in [4.69, 9.17) is 0 Å². The molecule has 0 aromatic heterocycles. The van der Waals surface area contributed by atoms with Crippen LogP contribution in [0.25, 0.3) is 0 Å². The molecule has 1 heterocycles. The van der Waals surface area contributed by atoms with Gasteiger partial charge >= 0.3 is 0 Å². The van der Waals surface area contributed by atoms with E-state index < -0.39 is 0 Å². The highest BCUT2D eigenvalue weighted by molar-refractivity contribution is 14.0. The largest absolute Gasteiger partial charge is 0.303 e. The Morgan fingerprint density at radius 1 is 1.09 bits per heavy atom. The molecule has 68 valence electrons. The van der Waals surface area contributed by atoms with Crippen molar-refractivity contribution in [2.24, 2.45) is 0 Å². The molecule has 0 bridgehead atoms. The predicted octanol–water partition coefficient (Wildman–Crippen LogP) is 2.89. The number of likely N-dealkylation sites (tertiary alicyclic amines) is 1. The molecule has 0 unspecified atom stereocenters. The van der Waals surface area contributed by atoms with E-state index in [1.54, 1.807) is 0 Å². The summed E-state index contributed by atoms with van der Waals surface area (Å²) >= 11 is 0. The van der Waals surface area contributed by atoms with Crippen LogP contribution in [0.5, 0.6) is 0 Å². The van der Waals surface area contributed by atoms with Gasteiger partial charge in [0.15, 0.2) is 0 Å². The Labute approximate surface area is 87.6 Å². The molecule has 0 radical (unpaired) electrons. The Balaban J connectivity index is 0.000001000. The summed E-state index contributed by atoms with van der Waals surface area (Å²) in [7, 11) is 0. The topological polar surface area (TPSA) is 3.24 Å². The van der Waals surface area contributed by atoms with Crippen molar-refractivity contribution in [1.82, 2.24) is 4.90 Å². The Kier molecular flexibility index (Phi) is 7.81. The van der Waals surface area contributed by atoms with Crippen LogP contribution in [0.4, 0.5) is 0 Å². The average molecular weight is 269 g/mol. The molecule has 1 saturated heterocycles. The summed E-state index contributed by atoms with van der Waals surface area (Å²) in [5.74, 6) is 0. The van der Waals surface area contributed by atoms with Crippen molar-refractivity contribution in [1.29, 1.82) is 0 Å². The molecule has 1 nitrogen and oxygen atoms in total. The molecular formula is C9H20IN. The third kappa shape index (κ3) is 5.01. The molecule has 0 atom stereocenters. The normalized spacial score (nSPS) is 18.3. The zero-order valence-corrected chi connectivity index (χ0v) is 9.84. The molecule has 0 amide bonds. The van der Waals surface area contributed by atoms with E-state index in [0.717, 1.165) is 0 Å². The Morgan fingerprint density at radius 2 is 1.73 bits per heavy atom. The number of nitrogens with zero attached hydrogens (tertiary/aromatic N) is 1. The fraction of sp³-hybridized carbons (Fsp3) is 1.00. The number of hydrogen-bond donors (Lipinski definition) is 0. The monoisotopic (exact) mass is 269 g/mol. The SMILES string of the molecule is CCCCCN1CCCC1.I. The summed E-state index contributed by atoms with van der Waals surface area (Å²) in [5, 5.41) is 0. The minimum Gasteiger partial charge on any atom is -0.303 e. The van der Waals surface area contributed by atoms with Crippen LogP contribution in [0.3, 0.4) is 0 Å². The van der Waals surface area contributed by atoms with Gasteiger partial charge in [0.2, 0.25) is 0 Å². The molecule has 2 heteroatoms. The second-order valence-electron chi connectivity index (χ2n) is 3.26. The van der Waals surface area contributed by atoms with Gasteiger partial charge in [-0.3, -0.25) is 0 Å². The van der Waals surface area contributed by atoms with Gasteiger partial charge in [0.05, 0.1) is 0 Å². The summed E-state index contributed by atoms with van der Waals surface area (Å²) in [4.78, 5) is 2.59. The molecular weight excluding hydrogens is 249 g/mol. The van der Waals surface area contributed by atoms with E-state index in [1.807, 2.05) is 0 Å². The molecule has 11 heavy (non-hydrogen) atoms. The number of unbranched alkanes of at least 4 members (excludes halogenated alkanes) is 2. The lowest BCUT2D eigenvalue weighted by Gasteiger charge is -2.12. The van der Waals surface area contributed by atoms with Gasteiger partial charge in [-0.1, -0.05) is 19.8 Å². The van der Waals surface area contributed by atoms with Gasteiger partial charge in [0.25, 0.3) is 0 Å². The summed E-state index contributed by atoms with van der Waals surface area (Å²) in [6.45, 7) is 6.35. The van der Waals surface area contributed by atoms with Crippen LogP contribution in [-0.2, 0) is 0 Å². The molecule has 0 aliphatic carbocycles. The lowest BCUT2D eigenvalue weighted by atomic mass is 10.2. The summed E-state index contributed by atoms with van der Waals surface area (Å²) in [6, 6.07) is 0. The fourth-order valence-corrected chi connectivity index (χ4v) is 1.59. The quantitative estimate of drug-likeness (QED) is 0.560. The van der Waals surface area contributed by atoms with E-state index in [-0.39, 0.29) is 24.0 Å². The van der Waals surface area contributed by atoms with Crippen LogP contribution in [0.15, 0.2) is 0 Å². The predicted molar refractivity (Wildman–Crippen MR) is 60.6 cm³/mol. The minimum absolute atomic E-state index is 0. The lowest BCUT2D eigenvalue weighted by Crippen LogP contribution is -2.20. The first-order valence-corrected chi connectivity index (χ1v) is 4.66. The molecule has 0 spiro atoms. The smallest absolute Gasteiger partial charge is 0.00183 e. The standard InChI is InChI=1S/C9H19N.HI/c1-2-3-4-7-10-8-5-6-9-10;/h2-9H2,1H3;1H. The fourth-order valence-electron chi connectivity index (χ4n) is 1.59. The van der Waals surface area contributed by atoms with Crippen LogP contribution < -0.4 is 0 Å². The van der Waals surface area contributed by atoms with E-state index in [2.05, 4.69) is 11.8 Å². The molecule has 0 saturated carbocycles. The van der Waals surface area contributed by atoms with Crippen molar-refractivity contribution in [2.45, 2.75) is 39.0 Å². The highest BCUT2D eigenvalue weighted by atomic mass is 127. The van der Waals surface area contributed by atoms with E-state index in [0.29, 0.717) is 0 Å². The van der Waals surface area contributed by atoms with Gasteiger partial charge in [0.1, 0.15) is 0 Å². The van der Waals surface area contributed by atoms with E-state index >= 15 is 0 Å². The summed E-state index contributed by atoms with van der Waals surface area (Å²) in [6.07, 6.45) is 7.05. The zero-order valence-electron chi connectivity index (χ0n) is 7.51. The number of hydrogen-bond acceptors (Lipinski definition) is 1. The number of halogens is 1. The van der Waals surface area contributed by atoms with Crippen molar-refractivity contribution < 1.29 is 0 Å². The maximum absolute atomic E-state index is 2.59. The van der Waals surface area contributed by atoms with Crippen molar-refractivity contribution in [2.75, 3.05) is 19.6 Å². The molecule has 1 fully saturated rings. The van der Waals surface area contributed by atoms with Crippen LogP contribution in [0.2, 0.25) is 0 Å². The number of rotatable bonds is 4. The first kappa shape index (κ1) is 11.7. The van der Waals surface area contributed by atoms with Gasteiger partial charge in [-0.05, 0) is 38.9 Å². The van der Waals surface area contributed by atoms with Crippen molar-refractivity contribution >= 4 is 24.0 Å². The van der Waals surface area contributed by atoms with Crippen LogP contribution in [0.1, 0.15) is 39.0 Å². The van der Waals surface area contributed by atoms with E-state index in [9.17, 15) is 0 Å². The first-order valence-electron chi connectivity index (χ1n) is 4.66. The first-order chi connectivity index (χ1) is 4.93. The lowest BCUT2D eigenvalue weighted by molar-refractivity contribution is 0.329. The van der Waals surface area contributed by atoms with Crippen molar-refractivity contribution in [3.05, 3.63) is 0 Å². The van der Waals surface area contributed by atoms with Gasteiger partial charge in [-0.15, -0.1) is 24.0 Å². The Morgan fingerprint density at radius 3 is 2.27 bits per heavy atom. The van der Waals surface area contributed by atoms with Crippen molar-refractivity contribution in [3.8, 4) is 0 Å². The third-order valence-electron chi connectivity index (χ3n) is 2.28. The van der Waals surface area contributed by atoms with Gasteiger partial charge in [-0.25, -0.2) is 0 Å². The average Bonchev–Trinajstić information content (AvgIpc) is 2.41. The summed E-state index contributed by atoms with van der Waals surface area (Å²) in [5.41, 5.74) is 0. The highest BCUT2D eigenvalue weighted by Crippen LogP contribution is 2.08.